The molecule has 2 aliphatic rings. The van der Waals surface area contributed by atoms with Gasteiger partial charge in [0.1, 0.15) is 0 Å². The lowest BCUT2D eigenvalue weighted by molar-refractivity contribution is 0.0134. The Kier molecular flexibility index (Phi) is 2.79. The highest BCUT2D eigenvalue weighted by atomic mass is 14.5. The highest BCUT2D eigenvalue weighted by Crippen LogP contribution is 2.55. The van der Waals surface area contributed by atoms with E-state index >= 15 is 0 Å². The zero-order valence-electron chi connectivity index (χ0n) is 10.6. The van der Waals surface area contributed by atoms with Gasteiger partial charge in [0.05, 0.1) is 0 Å². The van der Waals surface area contributed by atoms with Gasteiger partial charge in [-0.25, -0.2) is 0 Å². The molecule has 84 valence electrons. The molecule has 2 rings (SSSR count). The molecular formula is C15H24. The van der Waals surface area contributed by atoms with Crippen LogP contribution < -0.4 is 0 Å². The van der Waals surface area contributed by atoms with Crippen LogP contribution in [0.25, 0.3) is 0 Å². The van der Waals surface area contributed by atoms with Crippen molar-refractivity contribution in [1.29, 1.82) is 0 Å². The Bertz CT molecular complexity index is 304. The lowest BCUT2D eigenvalue weighted by Gasteiger charge is -2.52. The van der Waals surface area contributed by atoms with E-state index in [4.69, 9.17) is 0 Å². The second-order valence-corrected chi connectivity index (χ2v) is 6.18. The number of rotatable bonds is 0. The summed E-state index contributed by atoms with van der Waals surface area (Å²) in [6.07, 6.45) is 10.2. The number of hydrogen-bond donors (Lipinski definition) is 0. The van der Waals surface area contributed by atoms with Gasteiger partial charge in [0, 0.05) is 0 Å². The van der Waals surface area contributed by atoms with Crippen LogP contribution in [0.2, 0.25) is 0 Å². The van der Waals surface area contributed by atoms with Crippen molar-refractivity contribution in [3.63, 3.8) is 0 Å². The largest absolute Gasteiger partial charge is 0.0853 e. The van der Waals surface area contributed by atoms with E-state index in [-0.39, 0.29) is 0 Å². The Labute approximate surface area is 94.5 Å². The average molecular weight is 204 g/mol. The molecule has 0 aromatic rings. The first-order valence-corrected chi connectivity index (χ1v) is 6.33. The second kappa shape index (κ2) is 3.81. The molecule has 0 aromatic heterocycles. The Morgan fingerprint density at radius 2 is 1.93 bits per heavy atom. The van der Waals surface area contributed by atoms with E-state index in [1.54, 1.807) is 11.1 Å². The molecule has 0 amide bonds. The summed E-state index contributed by atoms with van der Waals surface area (Å²) in [6.45, 7) is 9.49. The van der Waals surface area contributed by atoms with Crippen molar-refractivity contribution in [1.82, 2.24) is 0 Å². The van der Waals surface area contributed by atoms with Crippen LogP contribution in [0.4, 0.5) is 0 Å². The third-order valence-corrected chi connectivity index (χ3v) is 4.55. The van der Waals surface area contributed by atoms with Crippen LogP contribution in [0.5, 0.6) is 0 Å². The van der Waals surface area contributed by atoms with Crippen LogP contribution in [0, 0.1) is 17.3 Å². The van der Waals surface area contributed by atoms with Crippen LogP contribution in [0.1, 0.15) is 53.4 Å². The predicted octanol–water partition coefficient (Wildman–Crippen LogP) is 4.73. The molecule has 0 spiro atoms. The van der Waals surface area contributed by atoms with Gasteiger partial charge in [0.25, 0.3) is 0 Å². The van der Waals surface area contributed by atoms with Gasteiger partial charge in [-0.05, 0) is 56.8 Å². The fraction of sp³-hybridized carbons (Fsp3) is 0.733. The van der Waals surface area contributed by atoms with Crippen molar-refractivity contribution in [2.24, 2.45) is 17.3 Å². The Morgan fingerprint density at radius 1 is 1.20 bits per heavy atom. The SMILES string of the molecule is CC1=CCC2C(CC2(C)C)C(C)=CCC1. The molecule has 1 fully saturated rings. The lowest BCUT2D eigenvalue weighted by Crippen LogP contribution is -2.44. The molecule has 1 saturated carbocycles. The summed E-state index contributed by atoms with van der Waals surface area (Å²) in [5.74, 6) is 1.77. The van der Waals surface area contributed by atoms with Crippen molar-refractivity contribution in [2.45, 2.75) is 53.4 Å². The zero-order valence-corrected chi connectivity index (χ0v) is 10.6. The van der Waals surface area contributed by atoms with Crippen LogP contribution in [-0.2, 0) is 0 Å². The molecule has 0 heteroatoms. The van der Waals surface area contributed by atoms with Gasteiger partial charge in [0.2, 0.25) is 0 Å². The van der Waals surface area contributed by atoms with E-state index in [0.717, 1.165) is 11.8 Å². The Hall–Kier alpha value is -0.520. The first kappa shape index (κ1) is 11.0. The minimum Gasteiger partial charge on any atom is -0.0853 e. The van der Waals surface area contributed by atoms with E-state index in [1.165, 1.54) is 25.7 Å². The summed E-state index contributed by atoms with van der Waals surface area (Å²) in [5, 5.41) is 0. The summed E-state index contributed by atoms with van der Waals surface area (Å²) in [4.78, 5) is 0. The quantitative estimate of drug-likeness (QED) is 0.501. The molecular weight excluding hydrogens is 180 g/mol. The number of allylic oxidation sites excluding steroid dienone is 4. The van der Waals surface area contributed by atoms with Crippen LogP contribution >= 0.6 is 0 Å². The van der Waals surface area contributed by atoms with Crippen molar-refractivity contribution >= 4 is 0 Å². The highest BCUT2D eigenvalue weighted by Gasteiger charge is 2.46. The van der Waals surface area contributed by atoms with Gasteiger partial charge in [-0.15, -0.1) is 0 Å². The van der Waals surface area contributed by atoms with Gasteiger partial charge in [0.15, 0.2) is 0 Å². The normalized spacial score (nSPS) is 34.9. The number of hydrogen-bond acceptors (Lipinski definition) is 0. The molecule has 0 saturated heterocycles. The first-order chi connectivity index (χ1) is 7.00. The van der Waals surface area contributed by atoms with Crippen LogP contribution in [0.15, 0.2) is 23.3 Å². The lowest BCUT2D eigenvalue weighted by atomic mass is 9.53. The number of fused-ring (bicyclic) bond motifs is 1. The van der Waals surface area contributed by atoms with Gasteiger partial charge in [-0.3, -0.25) is 0 Å². The summed E-state index contributed by atoms with van der Waals surface area (Å²) >= 11 is 0. The Balaban J connectivity index is 2.20. The second-order valence-electron chi connectivity index (χ2n) is 6.18. The van der Waals surface area contributed by atoms with Crippen molar-refractivity contribution in [2.75, 3.05) is 0 Å². The van der Waals surface area contributed by atoms with Gasteiger partial charge in [-0.2, -0.15) is 0 Å². The van der Waals surface area contributed by atoms with Crippen molar-refractivity contribution in [3.05, 3.63) is 23.3 Å². The van der Waals surface area contributed by atoms with E-state index in [2.05, 4.69) is 39.8 Å². The minimum absolute atomic E-state index is 0.570. The van der Waals surface area contributed by atoms with E-state index < -0.39 is 0 Å². The topological polar surface area (TPSA) is 0 Å². The molecule has 15 heavy (non-hydrogen) atoms. The van der Waals surface area contributed by atoms with E-state index in [1.807, 2.05) is 0 Å². The summed E-state index contributed by atoms with van der Waals surface area (Å²) in [5.41, 5.74) is 3.81. The maximum Gasteiger partial charge on any atom is -0.0164 e. The van der Waals surface area contributed by atoms with Gasteiger partial charge < -0.3 is 0 Å². The molecule has 0 bridgehead atoms. The molecule has 2 unspecified atom stereocenters. The monoisotopic (exact) mass is 204 g/mol. The van der Waals surface area contributed by atoms with Crippen LogP contribution in [-0.4, -0.2) is 0 Å². The third-order valence-electron chi connectivity index (χ3n) is 4.55. The fourth-order valence-electron chi connectivity index (χ4n) is 3.32. The van der Waals surface area contributed by atoms with Gasteiger partial charge >= 0.3 is 0 Å². The standard InChI is InChI=1S/C15H24/c1-11-6-5-7-12(2)13-10-15(3,4)14(13)9-8-11/h7-8,13-14H,5-6,9-10H2,1-4H3. The highest BCUT2D eigenvalue weighted by molar-refractivity contribution is 5.18. The minimum atomic E-state index is 0.570. The zero-order chi connectivity index (χ0) is 11.1. The van der Waals surface area contributed by atoms with Crippen molar-refractivity contribution < 1.29 is 0 Å². The molecule has 2 aliphatic carbocycles. The van der Waals surface area contributed by atoms with Gasteiger partial charge in [-0.1, -0.05) is 37.1 Å². The maximum atomic E-state index is 2.49. The van der Waals surface area contributed by atoms with Crippen LogP contribution in [0.3, 0.4) is 0 Å². The third kappa shape index (κ3) is 2.04. The van der Waals surface area contributed by atoms with Crippen molar-refractivity contribution in [3.8, 4) is 0 Å². The molecule has 0 N–H and O–H groups in total. The predicted molar refractivity (Wildman–Crippen MR) is 66.7 cm³/mol. The smallest absolute Gasteiger partial charge is 0.0164 e. The summed E-state index contributed by atoms with van der Waals surface area (Å²) in [6, 6.07) is 0. The molecule has 2 atom stereocenters. The maximum absolute atomic E-state index is 2.49. The molecule has 0 heterocycles. The fourth-order valence-corrected chi connectivity index (χ4v) is 3.32. The molecule has 0 aromatic carbocycles. The first-order valence-electron chi connectivity index (χ1n) is 6.33. The summed E-state index contributed by atoms with van der Waals surface area (Å²) in [7, 11) is 0. The van der Waals surface area contributed by atoms with E-state index in [0.29, 0.717) is 5.41 Å². The summed E-state index contributed by atoms with van der Waals surface area (Å²) < 4.78 is 0. The molecule has 0 aliphatic heterocycles. The molecule has 0 radical (unpaired) electrons. The average Bonchev–Trinajstić information content (AvgIpc) is 2.18. The molecule has 0 nitrogen and oxygen atoms in total. The Morgan fingerprint density at radius 3 is 2.60 bits per heavy atom. The van der Waals surface area contributed by atoms with E-state index in [9.17, 15) is 0 Å².